The summed E-state index contributed by atoms with van der Waals surface area (Å²) < 4.78 is 12.8. The first-order chi connectivity index (χ1) is 10.0. The van der Waals surface area contributed by atoms with Gasteiger partial charge in [-0.25, -0.2) is 4.39 Å². The van der Waals surface area contributed by atoms with Crippen LogP contribution < -0.4 is 5.32 Å². The topological polar surface area (TPSA) is 35.6 Å². The predicted octanol–water partition coefficient (Wildman–Crippen LogP) is 1.12. The molecule has 0 spiro atoms. The van der Waals surface area contributed by atoms with E-state index in [1.54, 1.807) is 12.1 Å². The van der Waals surface area contributed by atoms with Crippen molar-refractivity contribution < 1.29 is 9.18 Å². The Morgan fingerprint density at radius 2 is 2.05 bits per heavy atom. The molecule has 1 heterocycles. The van der Waals surface area contributed by atoms with Crippen LogP contribution in [0, 0.1) is 5.82 Å². The molecule has 0 aromatic heterocycles. The summed E-state index contributed by atoms with van der Waals surface area (Å²) in [5.41, 5.74) is 1.03. The Kier molecular flexibility index (Phi) is 5.70. The number of amides is 1. The van der Waals surface area contributed by atoms with Gasteiger partial charge >= 0.3 is 0 Å². The molecule has 1 aromatic rings. The van der Waals surface area contributed by atoms with E-state index in [0.717, 1.165) is 31.6 Å². The number of benzene rings is 1. The number of nitrogens with one attached hydrogen (secondary N) is 1. The summed E-state index contributed by atoms with van der Waals surface area (Å²) in [6, 6.07) is 6.81. The molecular weight excluding hydrogens is 269 g/mol. The van der Waals surface area contributed by atoms with Gasteiger partial charge in [0.25, 0.3) is 0 Å². The lowest BCUT2D eigenvalue weighted by atomic mass is 10.1. The molecule has 1 fully saturated rings. The third-order valence-electron chi connectivity index (χ3n) is 3.96. The van der Waals surface area contributed by atoms with E-state index in [4.69, 9.17) is 0 Å². The van der Waals surface area contributed by atoms with Crippen molar-refractivity contribution in [2.45, 2.75) is 19.4 Å². The van der Waals surface area contributed by atoms with Crippen molar-refractivity contribution in [1.82, 2.24) is 15.1 Å². The molecule has 1 aliphatic rings. The van der Waals surface area contributed by atoms with E-state index < -0.39 is 0 Å². The smallest absolute Gasteiger partial charge is 0.234 e. The van der Waals surface area contributed by atoms with Gasteiger partial charge in [-0.2, -0.15) is 0 Å². The number of hydrogen-bond donors (Lipinski definition) is 1. The highest BCUT2D eigenvalue weighted by Gasteiger charge is 2.22. The van der Waals surface area contributed by atoms with Crippen molar-refractivity contribution in [3.05, 3.63) is 35.6 Å². The predicted molar refractivity (Wildman–Crippen MR) is 81.6 cm³/mol. The summed E-state index contributed by atoms with van der Waals surface area (Å²) >= 11 is 0. The second kappa shape index (κ2) is 7.52. The fraction of sp³-hybridized carbons (Fsp3) is 0.562. The number of halogens is 1. The number of carbonyl (C=O) groups is 1. The van der Waals surface area contributed by atoms with Gasteiger partial charge in [0, 0.05) is 32.2 Å². The van der Waals surface area contributed by atoms with Crippen LogP contribution in [0.4, 0.5) is 4.39 Å². The second-order valence-corrected chi connectivity index (χ2v) is 5.81. The average molecular weight is 293 g/mol. The van der Waals surface area contributed by atoms with Crippen LogP contribution in [-0.2, 0) is 11.2 Å². The van der Waals surface area contributed by atoms with Crippen LogP contribution in [0.15, 0.2) is 24.3 Å². The highest BCUT2D eigenvalue weighted by molar-refractivity contribution is 5.78. The van der Waals surface area contributed by atoms with Gasteiger partial charge < -0.3 is 10.2 Å². The summed E-state index contributed by atoms with van der Waals surface area (Å²) in [4.78, 5) is 16.5. The zero-order valence-electron chi connectivity index (χ0n) is 12.8. The zero-order chi connectivity index (χ0) is 15.2. The second-order valence-electron chi connectivity index (χ2n) is 5.81. The Bertz CT molecular complexity index is 463. The average Bonchev–Trinajstić information content (AvgIpc) is 2.44. The van der Waals surface area contributed by atoms with Crippen molar-refractivity contribution in [2.75, 3.05) is 39.8 Å². The minimum Gasteiger partial charge on any atom is -0.355 e. The summed E-state index contributed by atoms with van der Waals surface area (Å²) in [5.74, 6) is -0.166. The standard InChI is InChI=1S/C16H24FN3O/c1-13-11-19(2)9-10-20(13)12-16(21)18-8-7-14-3-5-15(17)6-4-14/h3-6,13H,7-12H2,1-2H3,(H,18,21). The van der Waals surface area contributed by atoms with E-state index in [1.165, 1.54) is 12.1 Å². The van der Waals surface area contributed by atoms with Gasteiger partial charge in [-0.1, -0.05) is 12.1 Å². The Morgan fingerprint density at radius 3 is 2.71 bits per heavy atom. The van der Waals surface area contributed by atoms with Crippen LogP contribution in [0.3, 0.4) is 0 Å². The number of hydrogen-bond acceptors (Lipinski definition) is 3. The summed E-state index contributed by atoms with van der Waals surface area (Å²) in [7, 11) is 2.11. The van der Waals surface area contributed by atoms with E-state index in [0.29, 0.717) is 19.1 Å². The fourth-order valence-corrected chi connectivity index (χ4v) is 2.65. The zero-order valence-corrected chi connectivity index (χ0v) is 12.8. The van der Waals surface area contributed by atoms with E-state index in [1.807, 2.05) is 0 Å². The maximum atomic E-state index is 12.8. The van der Waals surface area contributed by atoms with Crippen molar-refractivity contribution in [1.29, 1.82) is 0 Å². The molecule has 1 amide bonds. The van der Waals surface area contributed by atoms with Crippen LogP contribution in [-0.4, -0.2) is 61.5 Å². The number of carbonyl (C=O) groups excluding carboxylic acids is 1. The van der Waals surface area contributed by atoms with Crippen LogP contribution in [0.2, 0.25) is 0 Å². The molecule has 1 atom stereocenters. The Labute approximate surface area is 125 Å². The maximum Gasteiger partial charge on any atom is 0.234 e. The van der Waals surface area contributed by atoms with Gasteiger partial charge in [0.1, 0.15) is 5.82 Å². The van der Waals surface area contributed by atoms with Crippen LogP contribution in [0.1, 0.15) is 12.5 Å². The molecule has 4 nitrogen and oxygen atoms in total. The third-order valence-corrected chi connectivity index (χ3v) is 3.96. The number of nitrogens with zero attached hydrogens (tertiary/aromatic N) is 2. The van der Waals surface area contributed by atoms with Gasteiger partial charge in [0.2, 0.25) is 5.91 Å². The first-order valence-electron chi connectivity index (χ1n) is 7.48. The lowest BCUT2D eigenvalue weighted by molar-refractivity contribution is -0.123. The first-order valence-corrected chi connectivity index (χ1v) is 7.48. The number of likely N-dealkylation sites (N-methyl/N-ethyl adjacent to an activating group) is 1. The van der Waals surface area contributed by atoms with Crippen molar-refractivity contribution in [2.24, 2.45) is 0 Å². The van der Waals surface area contributed by atoms with E-state index in [2.05, 4.69) is 29.1 Å². The quantitative estimate of drug-likeness (QED) is 0.884. The van der Waals surface area contributed by atoms with Gasteiger partial charge in [0.05, 0.1) is 6.54 Å². The molecule has 5 heteroatoms. The van der Waals surface area contributed by atoms with E-state index in [-0.39, 0.29) is 11.7 Å². The highest BCUT2D eigenvalue weighted by Crippen LogP contribution is 2.07. The number of piperazine rings is 1. The molecule has 116 valence electrons. The molecule has 1 unspecified atom stereocenters. The van der Waals surface area contributed by atoms with E-state index >= 15 is 0 Å². The molecule has 21 heavy (non-hydrogen) atoms. The third kappa shape index (κ3) is 5.10. The largest absolute Gasteiger partial charge is 0.355 e. The van der Waals surface area contributed by atoms with Crippen LogP contribution >= 0.6 is 0 Å². The van der Waals surface area contributed by atoms with Crippen molar-refractivity contribution in [3.8, 4) is 0 Å². The molecule has 1 aliphatic heterocycles. The molecule has 0 bridgehead atoms. The summed E-state index contributed by atoms with van der Waals surface area (Å²) in [6.07, 6.45) is 0.726. The Balaban J connectivity index is 1.69. The molecule has 2 rings (SSSR count). The van der Waals surface area contributed by atoms with Crippen molar-refractivity contribution in [3.63, 3.8) is 0 Å². The minimum atomic E-state index is -0.230. The molecule has 0 saturated carbocycles. The molecule has 1 aromatic carbocycles. The highest BCUT2D eigenvalue weighted by atomic mass is 19.1. The molecular formula is C16H24FN3O. The number of rotatable bonds is 5. The van der Waals surface area contributed by atoms with Gasteiger partial charge in [0.15, 0.2) is 0 Å². The van der Waals surface area contributed by atoms with Gasteiger partial charge in [-0.3, -0.25) is 9.69 Å². The van der Waals surface area contributed by atoms with Gasteiger partial charge in [-0.15, -0.1) is 0 Å². The van der Waals surface area contributed by atoms with Gasteiger partial charge in [-0.05, 0) is 38.1 Å². The summed E-state index contributed by atoms with van der Waals surface area (Å²) in [5, 5.41) is 2.94. The Hall–Kier alpha value is -1.46. The minimum absolute atomic E-state index is 0.0634. The summed E-state index contributed by atoms with van der Waals surface area (Å²) in [6.45, 7) is 6.14. The SMILES string of the molecule is CC1CN(C)CCN1CC(=O)NCCc1ccc(F)cc1. The lowest BCUT2D eigenvalue weighted by Crippen LogP contribution is -2.53. The lowest BCUT2D eigenvalue weighted by Gasteiger charge is -2.37. The van der Waals surface area contributed by atoms with Crippen molar-refractivity contribution >= 4 is 5.91 Å². The molecule has 0 radical (unpaired) electrons. The van der Waals surface area contributed by atoms with E-state index in [9.17, 15) is 9.18 Å². The molecule has 0 aliphatic carbocycles. The Morgan fingerprint density at radius 1 is 1.33 bits per heavy atom. The van der Waals surface area contributed by atoms with Crippen LogP contribution in [0.25, 0.3) is 0 Å². The maximum absolute atomic E-state index is 12.8. The normalized spacial score (nSPS) is 20.4. The van der Waals surface area contributed by atoms with Crippen LogP contribution in [0.5, 0.6) is 0 Å². The fourth-order valence-electron chi connectivity index (χ4n) is 2.65. The molecule has 1 saturated heterocycles. The first kappa shape index (κ1) is 15.9. The monoisotopic (exact) mass is 293 g/mol. The molecule has 1 N–H and O–H groups in total.